The third-order valence-electron chi connectivity index (χ3n) is 4.39. The summed E-state index contributed by atoms with van der Waals surface area (Å²) >= 11 is 1.63. The molecule has 0 amide bonds. The monoisotopic (exact) mass is 416 g/mol. The van der Waals surface area contributed by atoms with Gasteiger partial charge in [-0.15, -0.1) is 18.2 Å². The first-order valence-electron chi connectivity index (χ1n) is 9.73. The van der Waals surface area contributed by atoms with Crippen LogP contribution in [0.2, 0.25) is 0 Å². The van der Waals surface area contributed by atoms with E-state index in [1.807, 2.05) is 61.7 Å². The predicted molar refractivity (Wildman–Crippen MR) is 123 cm³/mol. The molecule has 0 bridgehead atoms. The molecule has 0 aliphatic rings. The first-order chi connectivity index (χ1) is 14.7. The normalized spacial score (nSPS) is 11.2. The molecule has 3 aromatic heterocycles. The number of oxime groups is 1. The number of terminal acetylenes is 1. The van der Waals surface area contributed by atoms with Crippen LogP contribution in [0.15, 0.2) is 64.8 Å². The third-order valence-corrected chi connectivity index (χ3v) is 5.04. The lowest BCUT2D eigenvalue weighted by molar-refractivity contribution is 0.180. The standard InChI is InChI=1S/C24H24N4OS/c1-4-17-29-28-18(2)21-13-6-11-19(25-21)9-5-10-20-12-7-14-22(26-20)23-15-8-16-24(27-23)30-3/h1,6-8,11-16H,5,9-10,17H2,2-3H3. The van der Waals surface area contributed by atoms with Crippen molar-refractivity contribution in [3.05, 3.63) is 71.7 Å². The van der Waals surface area contributed by atoms with E-state index in [0.29, 0.717) is 5.71 Å². The van der Waals surface area contributed by atoms with Crippen molar-refractivity contribution >= 4 is 17.5 Å². The van der Waals surface area contributed by atoms with Crippen LogP contribution in [0, 0.1) is 12.3 Å². The van der Waals surface area contributed by atoms with Gasteiger partial charge in [0.1, 0.15) is 5.71 Å². The average molecular weight is 417 g/mol. The molecule has 152 valence electrons. The Morgan fingerprint density at radius 2 is 1.63 bits per heavy atom. The van der Waals surface area contributed by atoms with Crippen LogP contribution in [0.4, 0.5) is 0 Å². The fourth-order valence-electron chi connectivity index (χ4n) is 2.92. The van der Waals surface area contributed by atoms with Gasteiger partial charge in [0.25, 0.3) is 0 Å². The summed E-state index contributed by atoms with van der Waals surface area (Å²) in [7, 11) is 0. The van der Waals surface area contributed by atoms with Crippen molar-refractivity contribution in [1.29, 1.82) is 0 Å². The minimum absolute atomic E-state index is 0.153. The van der Waals surface area contributed by atoms with Gasteiger partial charge in [-0.2, -0.15) is 0 Å². The van der Waals surface area contributed by atoms with Crippen molar-refractivity contribution in [1.82, 2.24) is 15.0 Å². The Kier molecular flexibility index (Phi) is 7.99. The Morgan fingerprint density at radius 3 is 2.37 bits per heavy atom. The van der Waals surface area contributed by atoms with E-state index >= 15 is 0 Å². The largest absolute Gasteiger partial charge is 0.382 e. The summed E-state index contributed by atoms with van der Waals surface area (Å²) in [5.41, 5.74) is 5.39. The molecule has 3 heterocycles. The minimum atomic E-state index is 0.153. The lowest BCUT2D eigenvalue weighted by atomic mass is 10.1. The number of nitrogens with zero attached hydrogens (tertiary/aromatic N) is 4. The van der Waals surface area contributed by atoms with E-state index in [2.05, 4.69) is 27.1 Å². The fraction of sp³-hybridized carbons (Fsp3) is 0.250. The number of hydrogen-bond donors (Lipinski definition) is 0. The van der Waals surface area contributed by atoms with E-state index in [1.54, 1.807) is 11.8 Å². The van der Waals surface area contributed by atoms with E-state index in [1.165, 1.54) is 0 Å². The summed E-state index contributed by atoms with van der Waals surface area (Å²) in [6.45, 7) is 2.01. The number of thioether (sulfide) groups is 1. The average Bonchev–Trinajstić information content (AvgIpc) is 2.79. The Bertz CT molecular complexity index is 1060. The zero-order valence-corrected chi connectivity index (χ0v) is 18.0. The second-order valence-corrected chi connectivity index (χ2v) is 7.43. The van der Waals surface area contributed by atoms with E-state index in [4.69, 9.17) is 16.2 Å². The van der Waals surface area contributed by atoms with Crippen LogP contribution in [-0.2, 0) is 17.7 Å². The SMILES string of the molecule is C#CCON=C(C)c1cccc(CCCc2cccc(-c3cccc(SC)n3)n2)n1. The van der Waals surface area contributed by atoms with Crippen LogP contribution in [0.5, 0.6) is 0 Å². The Morgan fingerprint density at radius 1 is 0.967 bits per heavy atom. The highest BCUT2D eigenvalue weighted by Crippen LogP contribution is 2.19. The minimum Gasteiger partial charge on any atom is -0.382 e. The Balaban J connectivity index is 1.61. The summed E-state index contributed by atoms with van der Waals surface area (Å²) < 4.78 is 0. The van der Waals surface area contributed by atoms with Gasteiger partial charge < -0.3 is 4.84 Å². The van der Waals surface area contributed by atoms with Gasteiger partial charge in [0.05, 0.1) is 22.1 Å². The first kappa shape index (κ1) is 21.5. The molecule has 0 N–H and O–H groups in total. The van der Waals surface area contributed by atoms with Crippen LogP contribution < -0.4 is 0 Å². The van der Waals surface area contributed by atoms with Crippen LogP contribution in [0.3, 0.4) is 0 Å². The zero-order valence-electron chi connectivity index (χ0n) is 17.2. The molecule has 0 radical (unpaired) electrons. The number of pyridine rings is 3. The summed E-state index contributed by atoms with van der Waals surface area (Å²) in [6.07, 6.45) is 9.88. The first-order valence-corrected chi connectivity index (χ1v) is 11.0. The van der Waals surface area contributed by atoms with Crippen molar-refractivity contribution < 1.29 is 4.84 Å². The van der Waals surface area contributed by atoms with Gasteiger partial charge in [-0.05, 0) is 68.8 Å². The molecule has 0 aliphatic heterocycles. The molecule has 0 fully saturated rings. The Labute approximate surface area is 182 Å². The van der Waals surface area contributed by atoms with Crippen LogP contribution in [0.25, 0.3) is 11.4 Å². The number of hydrogen-bond acceptors (Lipinski definition) is 6. The van der Waals surface area contributed by atoms with Crippen LogP contribution in [-0.4, -0.2) is 33.5 Å². The molecular formula is C24H24N4OS. The van der Waals surface area contributed by atoms with E-state index in [0.717, 1.165) is 52.8 Å². The van der Waals surface area contributed by atoms with Gasteiger partial charge in [0.15, 0.2) is 6.61 Å². The molecule has 0 atom stereocenters. The molecule has 5 nitrogen and oxygen atoms in total. The smallest absolute Gasteiger partial charge is 0.177 e. The summed E-state index contributed by atoms with van der Waals surface area (Å²) in [5, 5.41) is 4.99. The molecule has 3 rings (SSSR count). The molecule has 30 heavy (non-hydrogen) atoms. The van der Waals surface area contributed by atoms with Crippen molar-refractivity contribution in [3.8, 4) is 23.7 Å². The van der Waals surface area contributed by atoms with Crippen molar-refractivity contribution in [3.63, 3.8) is 0 Å². The van der Waals surface area contributed by atoms with Gasteiger partial charge in [-0.1, -0.05) is 29.3 Å². The fourth-order valence-corrected chi connectivity index (χ4v) is 3.32. The molecule has 0 spiro atoms. The molecule has 0 saturated carbocycles. The van der Waals surface area contributed by atoms with Crippen LogP contribution >= 0.6 is 11.8 Å². The third kappa shape index (κ3) is 6.16. The number of rotatable bonds is 9. The molecule has 0 saturated heterocycles. The highest BCUT2D eigenvalue weighted by Gasteiger charge is 2.06. The van der Waals surface area contributed by atoms with Crippen molar-refractivity contribution in [2.45, 2.75) is 31.2 Å². The number of aryl methyl sites for hydroxylation is 2. The van der Waals surface area contributed by atoms with E-state index in [9.17, 15) is 0 Å². The molecular weight excluding hydrogens is 392 g/mol. The summed E-state index contributed by atoms with van der Waals surface area (Å²) in [4.78, 5) is 19.1. The lowest BCUT2D eigenvalue weighted by Gasteiger charge is -2.06. The van der Waals surface area contributed by atoms with Crippen molar-refractivity contribution in [2.75, 3.05) is 12.9 Å². The Hall–Kier alpha value is -3.17. The van der Waals surface area contributed by atoms with Gasteiger partial charge in [-0.3, -0.25) is 9.97 Å². The molecule has 6 heteroatoms. The van der Waals surface area contributed by atoms with Crippen molar-refractivity contribution in [2.24, 2.45) is 5.16 Å². The maximum absolute atomic E-state index is 5.17. The molecule has 0 aliphatic carbocycles. The van der Waals surface area contributed by atoms with E-state index < -0.39 is 0 Å². The lowest BCUT2D eigenvalue weighted by Crippen LogP contribution is -2.03. The highest BCUT2D eigenvalue weighted by atomic mass is 32.2. The molecule has 3 aromatic rings. The quantitative estimate of drug-likeness (QED) is 0.165. The van der Waals surface area contributed by atoms with Gasteiger partial charge in [0, 0.05) is 11.4 Å². The second-order valence-electron chi connectivity index (χ2n) is 6.60. The maximum atomic E-state index is 5.17. The summed E-state index contributed by atoms with van der Waals surface area (Å²) in [5.74, 6) is 2.39. The van der Waals surface area contributed by atoms with E-state index in [-0.39, 0.29) is 6.61 Å². The highest BCUT2D eigenvalue weighted by molar-refractivity contribution is 7.98. The number of aromatic nitrogens is 3. The van der Waals surface area contributed by atoms with Gasteiger partial charge in [-0.25, -0.2) is 4.98 Å². The van der Waals surface area contributed by atoms with Gasteiger partial charge in [0.2, 0.25) is 0 Å². The van der Waals surface area contributed by atoms with Crippen LogP contribution in [0.1, 0.15) is 30.4 Å². The van der Waals surface area contributed by atoms with Gasteiger partial charge >= 0.3 is 0 Å². The maximum Gasteiger partial charge on any atom is 0.177 e. The topological polar surface area (TPSA) is 60.3 Å². The summed E-state index contributed by atoms with van der Waals surface area (Å²) in [6, 6.07) is 18.1. The zero-order chi connectivity index (χ0) is 21.2. The molecule has 0 unspecified atom stereocenters. The second kappa shape index (κ2) is 11.1. The predicted octanol–water partition coefficient (Wildman–Crippen LogP) is 4.81. The molecule has 0 aromatic carbocycles.